The first kappa shape index (κ1) is 13.1. The molecule has 1 aromatic rings. The van der Waals surface area contributed by atoms with E-state index in [1.54, 1.807) is 0 Å². The second kappa shape index (κ2) is 4.90. The Hall–Kier alpha value is -1.98. The molecule has 0 aliphatic rings. The van der Waals surface area contributed by atoms with Crippen molar-refractivity contribution in [2.45, 2.75) is 6.18 Å². The second-order valence-corrected chi connectivity index (χ2v) is 3.13. The van der Waals surface area contributed by atoms with Gasteiger partial charge in [0.25, 0.3) is 0 Å². The van der Waals surface area contributed by atoms with Gasteiger partial charge in [-0.15, -0.1) is 0 Å². The molecule has 0 saturated heterocycles. The molecule has 0 aliphatic heterocycles. The van der Waals surface area contributed by atoms with Crippen molar-refractivity contribution in [1.29, 1.82) is 0 Å². The third kappa shape index (κ3) is 3.51. The molecule has 6 heteroatoms. The van der Waals surface area contributed by atoms with Crippen LogP contribution in [0.25, 0.3) is 6.08 Å². The minimum Gasteiger partial charge on any atom is -0.497 e. The summed E-state index contributed by atoms with van der Waals surface area (Å²) in [5.74, 6) is -1.53. The van der Waals surface area contributed by atoms with Gasteiger partial charge in [-0.05, 0) is 23.8 Å². The largest absolute Gasteiger partial charge is 0.497 e. The van der Waals surface area contributed by atoms with Crippen molar-refractivity contribution in [3.05, 3.63) is 35.4 Å². The zero-order valence-electron chi connectivity index (χ0n) is 8.78. The van der Waals surface area contributed by atoms with Crippen LogP contribution in [0.1, 0.15) is 5.56 Å². The van der Waals surface area contributed by atoms with E-state index in [0.717, 1.165) is 0 Å². The van der Waals surface area contributed by atoms with Gasteiger partial charge in [0.15, 0.2) is 0 Å². The Morgan fingerprint density at radius 2 is 1.82 bits per heavy atom. The van der Waals surface area contributed by atoms with Gasteiger partial charge in [-0.2, -0.15) is 13.2 Å². The Bertz CT molecular complexity index is 432. The van der Waals surface area contributed by atoms with Gasteiger partial charge in [0.1, 0.15) is 11.3 Å². The fourth-order valence-corrected chi connectivity index (χ4v) is 1.13. The van der Waals surface area contributed by atoms with Crippen LogP contribution >= 0.6 is 0 Å². The molecule has 0 fully saturated rings. The van der Waals surface area contributed by atoms with Crippen LogP contribution in [0.3, 0.4) is 0 Å². The number of carbonyl (C=O) groups is 1. The Kier molecular flexibility index (Phi) is 3.77. The number of alkyl halides is 3. The lowest BCUT2D eigenvalue weighted by molar-refractivity contribution is -0.144. The van der Waals surface area contributed by atoms with Crippen molar-refractivity contribution < 1.29 is 27.8 Å². The van der Waals surface area contributed by atoms with Crippen LogP contribution in [0.15, 0.2) is 29.8 Å². The minimum atomic E-state index is -4.88. The van der Waals surface area contributed by atoms with E-state index in [1.807, 2.05) is 0 Å². The summed E-state index contributed by atoms with van der Waals surface area (Å²) in [6, 6.07) is 5.57. The van der Waals surface area contributed by atoms with E-state index in [4.69, 9.17) is 9.84 Å². The maximum atomic E-state index is 12.3. The molecular weight excluding hydrogens is 237 g/mol. The number of hydrogen-bond donors (Lipinski definition) is 1. The van der Waals surface area contributed by atoms with Gasteiger partial charge in [0.05, 0.1) is 7.11 Å². The molecule has 0 atom stereocenters. The molecular formula is C11H9F3O3. The fraction of sp³-hybridized carbons (Fsp3) is 0.182. The van der Waals surface area contributed by atoms with Crippen LogP contribution in [-0.2, 0) is 4.79 Å². The van der Waals surface area contributed by atoms with Crippen LogP contribution < -0.4 is 4.74 Å². The highest BCUT2D eigenvalue weighted by Gasteiger charge is 2.38. The highest BCUT2D eigenvalue weighted by Crippen LogP contribution is 2.28. The van der Waals surface area contributed by atoms with E-state index >= 15 is 0 Å². The molecule has 1 N–H and O–H groups in total. The topological polar surface area (TPSA) is 46.5 Å². The molecule has 0 amide bonds. The smallest absolute Gasteiger partial charge is 0.423 e. The maximum absolute atomic E-state index is 12.3. The first-order valence-electron chi connectivity index (χ1n) is 4.51. The number of rotatable bonds is 3. The van der Waals surface area contributed by atoms with Crippen molar-refractivity contribution in [3.63, 3.8) is 0 Å². The number of hydrogen-bond acceptors (Lipinski definition) is 2. The molecule has 0 saturated carbocycles. The van der Waals surface area contributed by atoms with Gasteiger partial charge in [-0.25, -0.2) is 4.79 Å². The lowest BCUT2D eigenvalue weighted by Crippen LogP contribution is -2.19. The van der Waals surface area contributed by atoms with Crippen molar-refractivity contribution >= 4 is 12.0 Å². The average Bonchev–Trinajstić information content (AvgIpc) is 2.24. The molecule has 0 radical (unpaired) electrons. The van der Waals surface area contributed by atoms with Crippen LogP contribution in [0.4, 0.5) is 13.2 Å². The number of aliphatic carboxylic acids is 1. The van der Waals surface area contributed by atoms with Crippen LogP contribution in [0.2, 0.25) is 0 Å². The lowest BCUT2D eigenvalue weighted by atomic mass is 10.1. The zero-order valence-corrected chi connectivity index (χ0v) is 8.78. The van der Waals surface area contributed by atoms with E-state index < -0.39 is 17.7 Å². The van der Waals surface area contributed by atoms with Crippen LogP contribution in [0, 0.1) is 0 Å². The van der Waals surface area contributed by atoms with E-state index in [2.05, 4.69) is 0 Å². The van der Waals surface area contributed by atoms with Crippen LogP contribution in [-0.4, -0.2) is 24.4 Å². The number of carboxylic acids is 1. The summed E-state index contributed by atoms with van der Waals surface area (Å²) in [4.78, 5) is 10.5. The van der Waals surface area contributed by atoms with Crippen molar-refractivity contribution in [2.24, 2.45) is 0 Å². The van der Waals surface area contributed by atoms with Gasteiger partial charge >= 0.3 is 12.1 Å². The third-order valence-corrected chi connectivity index (χ3v) is 1.96. The summed E-state index contributed by atoms with van der Waals surface area (Å²) in [6.07, 6.45) is -4.31. The Labute approximate surface area is 95.1 Å². The highest BCUT2D eigenvalue weighted by atomic mass is 19.4. The van der Waals surface area contributed by atoms with Gasteiger partial charge in [-0.1, -0.05) is 12.1 Å². The number of methoxy groups -OCH3 is 1. The van der Waals surface area contributed by atoms with Gasteiger partial charge in [0.2, 0.25) is 0 Å². The van der Waals surface area contributed by atoms with Crippen LogP contribution in [0.5, 0.6) is 5.75 Å². The SMILES string of the molecule is COc1ccc(/C=C(\C(=O)O)C(F)(F)F)cc1. The summed E-state index contributed by atoms with van der Waals surface area (Å²) in [5.41, 5.74) is -1.47. The molecule has 0 aliphatic carbocycles. The number of benzene rings is 1. The van der Waals surface area contributed by atoms with E-state index in [-0.39, 0.29) is 5.56 Å². The van der Waals surface area contributed by atoms with E-state index in [1.165, 1.54) is 31.4 Å². The normalized spacial score (nSPS) is 12.4. The van der Waals surface area contributed by atoms with E-state index in [9.17, 15) is 18.0 Å². The van der Waals surface area contributed by atoms with Gasteiger partial charge in [0, 0.05) is 0 Å². The predicted octanol–water partition coefficient (Wildman–Crippen LogP) is 2.73. The molecule has 17 heavy (non-hydrogen) atoms. The molecule has 0 unspecified atom stereocenters. The lowest BCUT2D eigenvalue weighted by Gasteiger charge is -2.07. The second-order valence-electron chi connectivity index (χ2n) is 3.13. The Morgan fingerprint density at radius 1 is 1.29 bits per heavy atom. The summed E-state index contributed by atoms with van der Waals surface area (Å²) < 4.78 is 41.8. The first-order valence-corrected chi connectivity index (χ1v) is 4.51. The monoisotopic (exact) mass is 246 g/mol. The average molecular weight is 246 g/mol. The molecule has 0 spiro atoms. The third-order valence-electron chi connectivity index (χ3n) is 1.96. The maximum Gasteiger partial charge on any atom is 0.423 e. The standard InChI is InChI=1S/C11H9F3O3/c1-17-8-4-2-7(3-5-8)6-9(10(15)16)11(12,13)14/h2-6H,1H3,(H,15,16)/b9-6+. The molecule has 1 rings (SSSR count). The molecule has 0 heterocycles. The zero-order chi connectivity index (χ0) is 13.1. The molecule has 0 bridgehead atoms. The Morgan fingerprint density at radius 3 is 2.18 bits per heavy atom. The van der Waals surface area contributed by atoms with Crippen molar-refractivity contribution in [3.8, 4) is 5.75 Å². The fourth-order valence-electron chi connectivity index (χ4n) is 1.13. The highest BCUT2D eigenvalue weighted by molar-refractivity contribution is 5.93. The van der Waals surface area contributed by atoms with E-state index in [0.29, 0.717) is 11.8 Å². The van der Waals surface area contributed by atoms with Gasteiger partial charge in [-0.3, -0.25) is 0 Å². The first-order chi connectivity index (χ1) is 7.84. The molecule has 0 aromatic heterocycles. The number of halogens is 3. The Balaban J connectivity index is 3.09. The summed E-state index contributed by atoms with van der Waals surface area (Å²) >= 11 is 0. The molecule has 92 valence electrons. The molecule has 1 aromatic carbocycles. The van der Waals surface area contributed by atoms with Crippen molar-refractivity contribution in [2.75, 3.05) is 7.11 Å². The minimum absolute atomic E-state index is 0.139. The summed E-state index contributed by atoms with van der Waals surface area (Å²) in [7, 11) is 1.42. The van der Waals surface area contributed by atoms with Gasteiger partial charge < -0.3 is 9.84 Å². The quantitative estimate of drug-likeness (QED) is 0.834. The summed E-state index contributed by atoms with van der Waals surface area (Å²) in [6.45, 7) is 0. The predicted molar refractivity (Wildman–Crippen MR) is 54.7 cm³/mol. The number of ether oxygens (including phenoxy) is 1. The number of carboxylic acid groups (broad SMARTS) is 1. The van der Waals surface area contributed by atoms with Crippen molar-refractivity contribution in [1.82, 2.24) is 0 Å². The molecule has 3 nitrogen and oxygen atoms in total. The summed E-state index contributed by atoms with van der Waals surface area (Å²) in [5, 5.41) is 8.46.